The molecule has 1 saturated heterocycles. The molecule has 1 atom stereocenters. The Bertz CT molecular complexity index is 126. The highest BCUT2D eigenvalue weighted by atomic mass is 35.5. The van der Waals surface area contributed by atoms with Gasteiger partial charge in [0.05, 0.1) is 12.2 Å². The number of hydrogen-bond acceptors (Lipinski definition) is 1. The minimum absolute atomic E-state index is 0. The largest absolute Gasteiger partial charge is 0.372 e. The van der Waals surface area contributed by atoms with Crippen LogP contribution in [0, 0.1) is 0 Å². The van der Waals surface area contributed by atoms with Crippen LogP contribution in [0.5, 0.6) is 0 Å². The predicted octanol–water partition coefficient (Wildman–Crippen LogP) is 2.48. The Kier molecular flexibility index (Phi) is 2.76. The van der Waals surface area contributed by atoms with E-state index in [0.29, 0.717) is 6.61 Å². The van der Waals surface area contributed by atoms with Crippen LogP contribution in [-0.4, -0.2) is 18.4 Å². The second kappa shape index (κ2) is 3.28. The molecule has 11 heavy (non-hydrogen) atoms. The molecule has 3 heteroatoms. The number of hydrogen-bond donors (Lipinski definition) is 0. The topological polar surface area (TPSA) is 9.23 Å². The van der Waals surface area contributed by atoms with Crippen molar-refractivity contribution in [1.29, 1.82) is 0 Å². The van der Waals surface area contributed by atoms with Crippen molar-refractivity contribution in [3.8, 4) is 0 Å². The lowest BCUT2D eigenvalue weighted by molar-refractivity contribution is -0.148. The smallest absolute Gasteiger partial charge is 0.123 e. The Balaban J connectivity index is 0.000000605. The molecule has 1 nitrogen and oxygen atoms in total. The molecule has 2 aliphatic rings. The van der Waals surface area contributed by atoms with Gasteiger partial charge in [0.25, 0.3) is 0 Å². The van der Waals surface area contributed by atoms with E-state index in [1.807, 2.05) is 0 Å². The predicted molar refractivity (Wildman–Crippen MR) is 43.9 cm³/mol. The molecule has 0 bridgehead atoms. The third-order valence-corrected chi connectivity index (χ3v) is 2.75. The number of rotatable bonds is 0. The van der Waals surface area contributed by atoms with E-state index in [-0.39, 0.29) is 18.0 Å². The molecule has 1 aliphatic heterocycles. The first-order valence-corrected chi connectivity index (χ1v) is 4.09. The molecule has 0 unspecified atom stereocenters. The van der Waals surface area contributed by atoms with Gasteiger partial charge in [0, 0.05) is 0 Å². The first kappa shape index (κ1) is 9.27. The fourth-order valence-corrected chi connectivity index (χ4v) is 1.81. The second-order valence-corrected chi connectivity index (χ2v) is 3.48. The van der Waals surface area contributed by atoms with Gasteiger partial charge in [0.1, 0.15) is 6.17 Å². The van der Waals surface area contributed by atoms with E-state index in [1.165, 1.54) is 19.3 Å². The van der Waals surface area contributed by atoms with Crippen LogP contribution in [0.15, 0.2) is 0 Å². The van der Waals surface area contributed by atoms with Crippen molar-refractivity contribution in [2.75, 3.05) is 6.61 Å². The minimum atomic E-state index is -0.689. The van der Waals surface area contributed by atoms with Crippen molar-refractivity contribution in [3.63, 3.8) is 0 Å². The van der Waals surface area contributed by atoms with Crippen molar-refractivity contribution in [2.24, 2.45) is 0 Å². The van der Waals surface area contributed by atoms with Gasteiger partial charge in [-0.05, 0) is 32.1 Å². The zero-order valence-corrected chi connectivity index (χ0v) is 7.33. The summed E-state index contributed by atoms with van der Waals surface area (Å²) in [6.07, 6.45) is 4.59. The van der Waals surface area contributed by atoms with Gasteiger partial charge in [-0.2, -0.15) is 0 Å². The van der Waals surface area contributed by atoms with Gasteiger partial charge in [-0.1, -0.05) is 0 Å². The average molecular weight is 181 g/mol. The van der Waals surface area contributed by atoms with Crippen molar-refractivity contribution in [2.45, 2.75) is 43.9 Å². The maximum Gasteiger partial charge on any atom is 0.123 e. The highest BCUT2D eigenvalue weighted by Gasteiger charge is 2.41. The third kappa shape index (κ3) is 1.67. The van der Waals surface area contributed by atoms with E-state index >= 15 is 0 Å². The lowest BCUT2D eigenvalue weighted by Crippen LogP contribution is -2.45. The van der Waals surface area contributed by atoms with Crippen LogP contribution in [0.3, 0.4) is 0 Å². The monoisotopic (exact) mass is 180 g/mol. The standard InChI is InChI=1S/C8H13FO.ClH/c9-7-2-5-8(10-6-7)3-1-4-8;/h7H,1-6H2;1H/t7-;/m0./s1. The Morgan fingerprint density at radius 1 is 1.27 bits per heavy atom. The highest BCUT2D eigenvalue weighted by molar-refractivity contribution is 5.85. The van der Waals surface area contributed by atoms with Gasteiger partial charge in [0.15, 0.2) is 0 Å². The summed E-state index contributed by atoms with van der Waals surface area (Å²) >= 11 is 0. The molecule has 0 aromatic rings. The van der Waals surface area contributed by atoms with Crippen molar-refractivity contribution < 1.29 is 9.13 Å². The summed E-state index contributed by atoms with van der Waals surface area (Å²) in [5, 5.41) is 0. The van der Waals surface area contributed by atoms with Crippen LogP contribution in [0.25, 0.3) is 0 Å². The molecular weight excluding hydrogens is 167 g/mol. The molecular formula is C8H14ClFO. The molecule has 0 N–H and O–H groups in total. The Morgan fingerprint density at radius 2 is 2.00 bits per heavy atom. The average Bonchev–Trinajstić information content (AvgIpc) is 1.86. The fourth-order valence-electron chi connectivity index (χ4n) is 1.81. The first-order valence-electron chi connectivity index (χ1n) is 4.09. The van der Waals surface area contributed by atoms with Crippen molar-refractivity contribution >= 4 is 12.4 Å². The number of halogens is 2. The Hall–Kier alpha value is 0.180. The zero-order valence-electron chi connectivity index (χ0n) is 6.51. The van der Waals surface area contributed by atoms with Crippen LogP contribution in [0.2, 0.25) is 0 Å². The summed E-state index contributed by atoms with van der Waals surface area (Å²) in [5.41, 5.74) is 0.141. The molecule has 0 aromatic heterocycles. The molecule has 2 rings (SSSR count). The van der Waals surface area contributed by atoms with E-state index in [1.54, 1.807) is 0 Å². The SMILES string of the molecule is Cl.F[C@H]1CCC2(CCC2)OC1. The summed E-state index contributed by atoms with van der Waals surface area (Å²) in [6, 6.07) is 0. The summed E-state index contributed by atoms with van der Waals surface area (Å²) in [5.74, 6) is 0. The first-order chi connectivity index (χ1) is 4.81. The maximum atomic E-state index is 12.6. The lowest BCUT2D eigenvalue weighted by atomic mass is 9.75. The van der Waals surface area contributed by atoms with Gasteiger partial charge in [-0.3, -0.25) is 0 Å². The van der Waals surface area contributed by atoms with Gasteiger partial charge < -0.3 is 4.74 Å². The van der Waals surface area contributed by atoms with Crippen LogP contribution < -0.4 is 0 Å². The van der Waals surface area contributed by atoms with Gasteiger partial charge in [0.2, 0.25) is 0 Å². The molecule has 1 aliphatic carbocycles. The molecule has 0 aromatic carbocycles. The molecule has 0 radical (unpaired) electrons. The zero-order chi connectivity index (χ0) is 7.03. The molecule has 1 spiro atoms. The highest BCUT2D eigenvalue weighted by Crippen LogP contribution is 2.42. The van der Waals surface area contributed by atoms with Crippen LogP contribution in [0.4, 0.5) is 4.39 Å². The van der Waals surface area contributed by atoms with E-state index in [4.69, 9.17) is 4.74 Å². The summed E-state index contributed by atoms with van der Waals surface area (Å²) in [6.45, 7) is 0.347. The van der Waals surface area contributed by atoms with Crippen molar-refractivity contribution in [1.82, 2.24) is 0 Å². The van der Waals surface area contributed by atoms with E-state index in [2.05, 4.69) is 0 Å². The van der Waals surface area contributed by atoms with E-state index in [9.17, 15) is 4.39 Å². The Labute approximate surface area is 72.7 Å². The maximum absolute atomic E-state index is 12.6. The van der Waals surface area contributed by atoms with Gasteiger partial charge in [-0.15, -0.1) is 12.4 Å². The Morgan fingerprint density at radius 3 is 2.36 bits per heavy atom. The minimum Gasteiger partial charge on any atom is -0.372 e. The lowest BCUT2D eigenvalue weighted by Gasteiger charge is -2.45. The quantitative estimate of drug-likeness (QED) is 0.557. The van der Waals surface area contributed by atoms with E-state index in [0.717, 1.165) is 12.8 Å². The molecule has 66 valence electrons. The summed E-state index contributed by atoms with van der Waals surface area (Å²) < 4.78 is 18.0. The molecule has 2 fully saturated rings. The molecule has 1 heterocycles. The molecule has 1 saturated carbocycles. The summed E-state index contributed by atoms with van der Waals surface area (Å²) in [4.78, 5) is 0. The fraction of sp³-hybridized carbons (Fsp3) is 1.00. The van der Waals surface area contributed by atoms with Crippen LogP contribution in [0.1, 0.15) is 32.1 Å². The summed E-state index contributed by atoms with van der Waals surface area (Å²) in [7, 11) is 0. The third-order valence-electron chi connectivity index (χ3n) is 2.75. The number of ether oxygens (including phenoxy) is 1. The van der Waals surface area contributed by atoms with Crippen LogP contribution >= 0.6 is 12.4 Å². The number of alkyl halides is 1. The van der Waals surface area contributed by atoms with E-state index < -0.39 is 6.17 Å². The van der Waals surface area contributed by atoms with Gasteiger partial charge in [-0.25, -0.2) is 4.39 Å². The van der Waals surface area contributed by atoms with Gasteiger partial charge >= 0.3 is 0 Å². The molecule has 0 amide bonds. The normalized spacial score (nSPS) is 34.1. The second-order valence-electron chi connectivity index (χ2n) is 3.48. The van der Waals surface area contributed by atoms with Crippen molar-refractivity contribution in [3.05, 3.63) is 0 Å². The van der Waals surface area contributed by atoms with Crippen LogP contribution in [-0.2, 0) is 4.74 Å².